The summed E-state index contributed by atoms with van der Waals surface area (Å²) in [7, 11) is 0. The first-order valence-electron chi connectivity index (χ1n) is 7.50. The van der Waals surface area contributed by atoms with Crippen LogP contribution in [0.5, 0.6) is 0 Å². The number of alkyl halides is 3. The molecule has 2 aromatic carbocycles. The van der Waals surface area contributed by atoms with Crippen LogP contribution < -0.4 is 5.32 Å². The van der Waals surface area contributed by atoms with E-state index in [1.54, 1.807) is 30.3 Å². The maximum Gasteiger partial charge on any atom is 0.435 e. The molecule has 134 valence electrons. The Balaban J connectivity index is 1.86. The van der Waals surface area contributed by atoms with Crippen LogP contribution in [0.1, 0.15) is 20.9 Å². The molecule has 0 aliphatic heterocycles. The molecule has 1 heterocycles. The lowest BCUT2D eigenvalue weighted by Crippen LogP contribution is -2.24. The number of hydrogen-bond acceptors (Lipinski definition) is 3. The van der Waals surface area contributed by atoms with Gasteiger partial charge in [0.2, 0.25) is 0 Å². The molecule has 0 saturated carbocycles. The van der Waals surface area contributed by atoms with Gasteiger partial charge >= 0.3 is 6.18 Å². The van der Waals surface area contributed by atoms with E-state index in [2.05, 4.69) is 10.3 Å². The number of benzene rings is 2. The average Bonchev–Trinajstić information content (AvgIpc) is 3.08. The molecule has 1 N–H and O–H groups in total. The molecule has 0 atom stereocenters. The molecule has 26 heavy (non-hydrogen) atoms. The standard InChI is InChI=1S/C18H12F4N2OS/c19-13-8-6-11(7-9-13)10-23-16(25)14-15(18(20,21)22)24-17(26-14)12-4-2-1-3-5-12/h1-9H,10H2,(H,23,25). The number of carbonyl (C=O) groups excluding carboxylic acids is 1. The lowest BCUT2D eigenvalue weighted by atomic mass is 10.2. The van der Waals surface area contributed by atoms with Crippen molar-refractivity contribution in [1.29, 1.82) is 0 Å². The topological polar surface area (TPSA) is 42.0 Å². The summed E-state index contributed by atoms with van der Waals surface area (Å²) in [5, 5.41) is 2.54. The van der Waals surface area contributed by atoms with Crippen LogP contribution in [0.4, 0.5) is 17.6 Å². The molecule has 0 saturated heterocycles. The third kappa shape index (κ3) is 4.08. The Hall–Kier alpha value is -2.74. The minimum Gasteiger partial charge on any atom is -0.347 e. The quantitative estimate of drug-likeness (QED) is 0.655. The molecule has 1 amide bonds. The summed E-state index contributed by atoms with van der Waals surface area (Å²) in [5.41, 5.74) is -0.139. The molecule has 8 heteroatoms. The Morgan fingerprint density at radius 3 is 2.31 bits per heavy atom. The fraction of sp³-hybridized carbons (Fsp3) is 0.111. The maximum atomic E-state index is 13.3. The first kappa shape index (κ1) is 18.1. The van der Waals surface area contributed by atoms with E-state index in [0.717, 1.165) is 0 Å². The number of halogens is 4. The van der Waals surface area contributed by atoms with Crippen LogP contribution in [0.3, 0.4) is 0 Å². The minimum atomic E-state index is -4.74. The van der Waals surface area contributed by atoms with E-state index in [0.29, 0.717) is 22.5 Å². The summed E-state index contributed by atoms with van der Waals surface area (Å²) in [5.74, 6) is -1.31. The summed E-state index contributed by atoms with van der Waals surface area (Å²) in [6, 6.07) is 13.7. The highest BCUT2D eigenvalue weighted by Crippen LogP contribution is 2.37. The van der Waals surface area contributed by atoms with Crippen molar-refractivity contribution in [2.75, 3.05) is 0 Å². The van der Waals surface area contributed by atoms with E-state index in [9.17, 15) is 22.4 Å². The normalized spacial score (nSPS) is 11.4. The predicted octanol–water partition coefficient (Wildman–Crippen LogP) is 4.90. The third-order valence-corrected chi connectivity index (χ3v) is 4.59. The minimum absolute atomic E-state index is 0.0189. The highest BCUT2D eigenvalue weighted by molar-refractivity contribution is 7.17. The lowest BCUT2D eigenvalue weighted by molar-refractivity contribution is -0.141. The van der Waals surface area contributed by atoms with E-state index in [1.165, 1.54) is 24.3 Å². The highest BCUT2D eigenvalue weighted by Gasteiger charge is 2.39. The molecule has 1 aromatic heterocycles. The molecule has 0 radical (unpaired) electrons. The van der Waals surface area contributed by atoms with Gasteiger partial charge in [0, 0.05) is 12.1 Å². The zero-order chi connectivity index (χ0) is 18.7. The van der Waals surface area contributed by atoms with Gasteiger partial charge in [0.05, 0.1) is 0 Å². The number of nitrogens with one attached hydrogen (secondary N) is 1. The Kier molecular flexibility index (Phi) is 5.03. The van der Waals surface area contributed by atoms with Crippen molar-refractivity contribution in [3.63, 3.8) is 0 Å². The molecular weight excluding hydrogens is 368 g/mol. The Bertz CT molecular complexity index is 905. The average molecular weight is 380 g/mol. The lowest BCUT2D eigenvalue weighted by Gasteiger charge is -2.07. The number of aromatic nitrogens is 1. The second-order valence-corrected chi connectivity index (χ2v) is 6.37. The van der Waals surface area contributed by atoms with Crippen LogP contribution in [0, 0.1) is 5.82 Å². The van der Waals surface area contributed by atoms with Crippen molar-refractivity contribution in [2.24, 2.45) is 0 Å². The number of amides is 1. The van der Waals surface area contributed by atoms with Gasteiger partial charge < -0.3 is 5.32 Å². The van der Waals surface area contributed by atoms with Gasteiger partial charge in [-0.2, -0.15) is 13.2 Å². The summed E-state index contributed by atoms with van der Waals surface area (Å²) in [4.78, 5) is 15.4. The van der Waals surface area contributed by atoms with Gasteiger partial charge in [-0.05, 0) is 17.7 Å². The van der Waals surface area contributed by atoms with E-state index >= 15 is 0 Å². The molecule has 3 rings (SSSR count). The fourth-order valence-electron chi connectivity index (χ4n) is 2.24. The number of nitrogens with zero attached hydrogens (tertiary/aromatic N) is 1. The Morgan fingerprint density at radius 1 is 1.04 bits per heavy atom. The molecule has 0 aliphatic carbocycles. The SMILES string of the molecule is O=C(NCc1ccc(F)cc1)c1sc(-c2ccccc2)nc1C(F)(F)F. The molecule has 0 bridgehead atoms. The summed E-state index contributed by atoms with van der Waals surface area (Å²) >= 11 is 0.682. The van der Waals surface area contributed by atoms with Crippen LogP contribution in [-0.4, -0.2) is 10.9 Å². The monoisotopic (exact) mass is 380 g/mol. The van der Waals surface area contributed by atoms with E-state index in [-0.39, 0.29) is 11.6 Å². The number of hydrogen-bond donors (Lipinski definition) is 1. The second-order valence-electron chi connectivity index (χ2n) is 5.37. The zero-order valence-electron chi connectivity index (χ0n) is 13.2. The maximum absolute atomic E-state index is 13.3. The Morgan fingerprint density at radius 2 is 1.69 bits per heavy atom. The van der Waals surface area contributed by atoms with Crippen LogP contribution in [-0.2, 0) is 12.7 Å². The van der Waals surface area contributed by atoms with Crippen molar-refractivity contribution in [3.05, 3.63) is 76.5 Å². The van der Waals surface area contributed by atoms with Crippen LogP contribution in [0.2, 0.25) is 0 Å². The summed E-state index contributed by atoms with van der Waals surface area (Å²) < 4.78 is 52.7. The summed E-state index contributed by atoms with van der Waals surface area (Å²) in [6.07, 6.45) is -4.74. The van der Waals surface area contributed by atoms with Crippen LogP contribution in [0.25, 0.3) is 10.6 Å². The van der Waals surface area contributed by atoms with Gasteiger partial charge in [0.25, 0.3) is 5.91 Å². The van der Waals surface area contributed by atoms with Crippen LogP contribution >= 0.6 is 11.3 Å². The molecular formula is C18H12F4N2OS. The molecule has 3 aromatic rings. The van der Waals surface area contributed by atoms with Gasteiger partial charge in [0.1, 0.15) is 15.7 Å². The van der Waals surface area contributed by atoms with Crippen molar-refractivity contribution in [3.8, 4) is 10.6 Å². The van der Waals surface area contributed by atoms with Crippen molar-refractivity contribution >= 4 is 17.2 Å². The van der Waals surface area contributed by atoms with Crippen molar-refractivity contribution in [2.45, 2.75) is 12.7 Å². The van der Waals surface area contributed by atoms with E-state index in [4.69, 9.17) is 0 Å². The molecule has 0 spiro atoms. The molecule has 3 nitrogen and oxygen atoms in total. The first-order chi connectivity index (χ1) is 12.3. The zero-order valence-corrected chi connectivity index (χ0v) is 14.0. The molecule has 0 unspecified atom stereocenters. The number of rotatable bonds is 4. The largest absolute Gasteiger partial charge is 0.435 e. The highest BCUT2D eigenvalue weighted by atomic mass is 32.1. The Labute approximate surface area is 150 Å². The van der Waals surface area contributed by atoms with Gasteiger partial charge in [-0.25, -0.2) is 9.37 Å². The predicted molar refractivity (Wildman–Crippen MR) is 90.1 cm³/mol. The fourth-order valence-corrected chi connectivity index (χ4v) is 3.24. The van der Waals surface area contributed by atoms with Crippen LogP contribution in [0.15, 0.2) is 54.6 Å². The molecule has 0 aliphatic rings. The number of thiazole rings is 1. The second kappa shape index (κ2) is 7.25. The van der Waals surface area contributed by atoms with E-state index < -0.39 is 28.5 Å². The number of carbonyl (C=O) groups is 1. The first-order valence-corrected chi connectivity index (χ1v) is 8.32. The van der Waals surface area contributed by atoms with Gasteiger partial charge in [-0.1, -0.05) is 42.5 Å². The van der Waals surface area contributed by atoms with Crippen molar-refractivity contribution < 1.29 is 22.4 Å². The van der Waals surface area contributed by atoms with Gasteiger partial charge in [0.15, 0.2) is 5.69 Å². The smallest absolute Gasteiger partial charge is 0.347 e. The third-order valence-electron chi connectivity index (χ3n) is 3.49. The van der Waals surface area contributed by atoms with Gasteiger partial charge in [-0.15, -0.1) is 11.3 Å². The van der Waals surface area contributed by atoms with Gasteiger partial charge in [-0.3, -0.25) is 4.79 Å². The van der Waals surface area contributed by atoms with E-state index in [1.807, 2.05) is 0 Å². The summed E-state index contributed by atoms with van der Waals surface area (Å²) in [6.45, 7) is -0.0189. The molecule has 0 fully saturated rings. The van der Waals surface area contributed by atoms with Crippen molar-refractivity contribution in [1.82, 2.24) is 10.3 Å².